The van der Waals surface area contributed by atoms with Gasteiger partial charge in [-0.25, -0.2) is 43.6 Å². The second-order valence-corrected chi connectivity index (χ2v) is 21.8. The van der Waals surface area contributed by atoms with Crippen molar-refractivity contribution in [1.29, 1.82) is 2.67 Å². The topological polar surface area (TPSA) is 288 Å². The number of ether oxygens (including phenoxy) is 10. The molecule has 0 bridgehead atoms. The minimum absolute atomic E-state index is 0. The normalized spacial score (nSPS) is 20.8. The largest absolute Gasteiger partial charge is 0.500 e. The molecular formula is C57H73BClN6O18U. The first-order valence-electron chi connectivity index (χ1n) is 27.1. The Labute approximate surface area is 520 Å². The maximum absolute atomic E-state index is 13.6. The molecule has 27 heteroatoms. The van der Waals surface area contributed by atoms with Crippen LogP contribution in [-0.4, -0.2) is 180 Å². The summed E-state index contributed by atoms with van der Waals surface area (Å²) in [6, 6.07) is 11.0. The van der Waals surface area contributed by atoms with Gasteiger partial charge in [-0.1, -0.05) is 12.7 Å². The number of rotatable bonds is 16. The number of carboxylic acids is 1. The van der Waals surface area contributed by atoms with Crippen molar-refractivity contribution in [3.63, 3.8) is 0 Å². The van der Waals surface area contributed by atoms with Gasteiger partial charge in [0.05, 0.1) is 80.7 Å². The average Bonchev–Trinajstić information content (AvgIpc) is 1.81. The maximum Gasteiger partial charge on any atom is 0.411 e. The van der Waals surface area contributed by atoms with Gasteiger partial charge in [0.15, 0.2) is 11.4 Å². The molecule has 0 spiro atoms. The molecule has 453 valence electrons. The Kier molecular flexibility index (Phi) is 22.6. The first kappa shape index (κ1) is 66.1. The van der Waals surface area contributed by atoms with Crippen molar-refractivity contribution >= 4 is 83.9 Å². The molecule has 8 rings (SSSR count). The van der Waals surface area contributed by atoms with E-state index in [0.717, 1.165) is 23.5 Å². The number of hydrogen-bond donors (Lipinski definition) is 3. The molecule has 2 aromatic carbocycles. The van der Waals surface area contributed by atoms with E-state index in [1.54, 1.807) is 91.1 Å². The Morgan fingerprint density at radius 3 is 1.50 bits per heavy atom. The van der Waals surface area contributed by atoms with Gasteiger partial charge in [-0.15, -0.1) is 6.58 Å². The molecule has 84 heavy (non-hydrogen) atoms. The number of carbonyl (C=O) groups excluding carboxylic acids is 6. The van der Waals surface area contributed by atoms with Crippen LogP contribution in [0, 0.1) is 37.0 Å². The zero-order valence-electron chi connectivity index (χ0n) is 51.1. The number of nitrogens with one attached hydrogen (secondary N) is 2. The summed E-state index contributed by atoms with van der Waals surface area (Å²) in [7, 11) is 8.87. The van der Waals surface area contributed by atoms with E-state index in [-0.39, 0.29) is 79.9 Å². The van der Waals surface area contributed by atoms with Crippen molar-refractivity contribution in [2.24, 2.45) is 5.92 Å². The zero-order valence-corrected chi connectivity index (χ0v) is 54.0. The van der Waals surface area contributed by atoms with Gasteiger partial charge in [-0.2, -0.15) is 0 Å². The minimum atomic E-state index is -1.23. The third-order valence-corrected chi connectivity index (χ3v) is 14.0. The van der Waals surface area contributed by atoms with Gasteiger partial charge in [0.2, 0.25) is 5.91 Å². The molecule has 4 fully saturated rings. The van der Waals surface area contributed by atoms with Crippen molar-refractivity contribution in [2.45, 2.75) is 120 Å². The summed E-state index contributed by atoms with van der Waals surface area (Å²) >= 11 is 5.44. The van der Waals surface area contributed by atoms with Crippen molar-refractivity contribution in [1.82, 2.24) is 29.9 Å². The van der Waals surface area contributed by atoms with E-state index >= 15 is 0 Å². The van der Waals surface area contributed by atoms with E-state index in [0.29, 0.717) is 59.6 Å². The number of aromatic nitrogens is 2. The number of pyridine rings is 2. The average molecular weight is 1420 g/mol. The maximum atomic E-state index is 13.6. The minimum Gasteiger partial charge on any atom is -0.500 e. The van der Waals surface area contributed by atoms with Gasteiger partial charge in [0, 0.05) is 84.9 Å². The predicted molar refractivity (Wildman–Crippen MR) is 305 cm³/mol. The second-order valence-electron chi connectivity index (χ2n) is 21.6. The molecule has 0 unspecified atom stereocenters. The zero-order chi connectivity index (χ0) is 63.4. The Hall–Kier alpha value is -7.00. The molecule has 2 aliphatic carbocycles. The molecule has 3 N–H and O–H groups in total. The van der Waals surface area contributed by atoms with E-state index in [1.165, 1.54) is 52.6 Å². The first-order valence-corrected chi connectivity index (χ1v) is 26.3. The molecule has 2 saturated heterocycles. The molecule has 1 radical (unpaired) electrons. The summed E-state index contributed by atoms with van der Waals surface area (Å²) in [5.74, 6) is -1.44. The van der Waals surface area contributed by atoms with Crippen LogP contribution in [0.5, 0.6) is 23.0 Å². The Balaban J connectivity index is 0.000000311. The fourth-order valence-corrected chi connectivity index (χ4v) is 9.40. The molecule has 4 heterocycles. The number of nitrogens with zero attached hydrogens (tertiary/aromatic N) is 4. The summed E-state index contributed by atoms with van der Waals surface area (Å²) in [5, 5.41) is 13.6. The molecule has 2 saturated carbocycles. The number of likely N-dealkylation sites (tertiary alicyclic amines) is 2. The molecule has 6 atom stereocenters. The van der Waals surface area contributed by atoms with Crippen molar-refractivity contribution in [3.05, 3.63) is 84.9 Å². The van der Waals surface area contributed by atoms with E-state index in [1.807, 2.05) is 0 Å². The fourth-order valence-electron chi connectivity index (χ4n) is 9.11. The Bertz CT molecular complexity index is 3150. The fraction of sp³-hybridized carbons (Fsp3) is 0.491. The van der Waals surface area contributed by atoms with Gasteiger partial charge in [-0.3, -0.25) is 14.6 Å². The quantitative estimate of drug-likeness (QED) is 0.0273. The number of hydrogen-bond acceptors (Lipinski definition) is 20. The Morgan fingerprint density at radius 1 is 0.726 bits per heavy atom. The van der Waals surface area contributed by atoms with E-state index in [9.17, 15) is 38.7 Å². The smallest absolute Gasteiger partial charge is 0.411 e. The summed E-state index contributed by atoms with van der Waals surface area (Å²) < 4.78 is 64.8. The number of amides is 3. The third kappa shape index (κ3) is 16.7. The van der Waals surface area contributed by atoms with Crippen LogP contribution >= 0.6 is 11.8 Å². The number of methoxy groups -OCH3 is 6. The van der Waals surface area contributed by atoms with Crippen LogP contribution in [0.3, 0.4) is 0 Å². The van der Waals surface area contributed by atoms with Gasteiger partial charge in [-0.05, 0) is 99.5 Å². The number of fused-ring (bicyclic) bond motifs is 2. The standard InChI is InChI=1S/C29H35N3O9.C22H26N2O8.C6H10ClNO.BH2.U/c1-8-16-14-29(16,26(35)39-7)31-24(33)22-12-18(15-32(22)27(36)41-28(2,3)4)40-23-13-21(25(34)38-6)30-20-11-17(37-5)9-10-19(20)23;1-22(2,3)32-21(28)24-11-13(9-17(24)19(25)26)31-18-10-16(20(27)30-5)23-15-8-12(29-4)6-7-14(15)18;1-5(9-2)6(8-7)3-4-6;;/h8-11,13,16,18,22H,1,12,14-15H2,2-7H3,(H,31,33);6-8,10,13,17H,9,11H2,1-5H3,(H,25,26);8H,1,3-4H2,2H3;1H2;/t16-,18+,22-,29+;13-,17+;;;/m01.../s1/i;;;1T2;. The molecule has 4 aromatic rings. The molecule has 2 aliphatic heterocycles. The second kappa shape index (κ2) is 28.7. The van der Waals surface area contributed by atoms with Crippen LogP contribution in [-0.2, 0) is 42.8 Å². The number of carbonyl (C=O) groups is 7. The van der Waals surface area contributed by atoms with Crippen LogP contribution in [0.4, 0.5) is 9.59 Å². The van der Waals surface area contributed by atoms with Crippen LogP contribution in [0.2, 0.25) is 0 Å². The van der Waals surface area contributed by atoms with E-state index in [4.69, 9.17) is 61.8 Å². The predicted octanol–water partition coefficient (Wildman–Crippen LogP) is 6.40. The third-order valence-electron chi connectivity index (χ3n) is 13.6. The summed E-state index contributed by atoms with van der Waals surface area (Å²) in [5.41, 5.74) is -2.00. The van der Waals surface area contributed by atoms with Gasteiger partial charge in [0.25, 0.3) is 0 Å². The Morgan fingerprint density at radius 2 is 1.17 bits per heavy atom. The van der Waals surface area contributed by atoms with Crippen LogP contribution in [0.25, 0.3) is 21.8 Å². The first-order chi connectivity index (χ1) is 40.0. The summed E-state index contributed by atoms with van der Waals surface area (Å²) in [4.78, 5) is 102. The van der Waals surface area contributed by atoms with E-state index < -0.39 is 83.0 Å². The van der Waals surface area contributed by atoms with Gasteiger partial charge in [0.1, 0.15) is 69.8 Å². The SMILES string of the molecule is C=C(OC)C1(NCl)CC1.C=C[C@H]1C[C@]1(NC(=O)[C@@H]1C[C@@H](Oc2cc(C(=O)OC)nc3cc(OC)ccc23)CN1C(=O)OC(C)(C)C)C(=O)OC.COC(=O)c1cc(O[C@@H]2C[C@@H](C(=O)O)N(C(=O)OC(C)(C)C)C2)c2ccc(OC)cc2n1.[3H][B][3H].[U]. The molecule has 24 nitrogen and oxygen atoms in total. The van der Waals surface area contributed by atoms with Crippen molar-refractivity contribution < 1.29 is 117 Å². The molecular weight excluding hydrogens is 1340 g/mol. The number of carboxylic acid groups (broad SMARTS) is 1. The van der Waals surface area contributed by atoms with E-state index in [2.05, 4.69) is 33.3 Å². The number of aliphatic carboxylic acids is 1. The number of benzene rings is 2. The summed E-state index contributed by atoms with van der Waals surface area (Å²) in [6.07, 6.45) is 1.41. The van der Waals surface area contributed by atoms with Crippen LogP contribution < -0.4 is 29.1 Å². The van der Waals surface area contributed by atoms with Crippen LogP contribution in [0.1, 0.15) is 94.6 Å². The number of esters is 3. The molecule has 4 aliphatic rings. The van der Waals surface area contributed by atoms with Crippen LogP contribution in [0.15, 0.2) is 73.5 Å². The number of halogens is 1. The van der Waals surface area contributed by atoms with Crippen molar-refractivity contribution in [2.75, 3.05) is 55.7 Å². The van der Waals surface area contributed by atoms with Gasteiger partial charge < -0.3 is 57.8 Å². The molecule has 3 amide bonds. The van der Waals surface area contributed by atoms with Gasteiger partial charge >= 0.3 is 36.1 Å². The summed E-state index contributed by atoms with van der Waals surface area (Å²) in [6.45, 7) is 17.8. The molecule has 2 aromatic heterocycles. The van der Waals surface area contributed by atoms with Crippen molar-refractivity contribution in [3.8, 4) is 23.0 Å². The monoisotopic (exact) mass is 1420 g/mol.